The van der Waals surface area contributed by atoms with Gasteiger partial charge in [0.05, 0.1) is 5.92 Å². The molecule has 25 heavy (non-hydrogen) atoms. The zero-order chi connectivity index (χ0) is 17.0. The SMILES string of the molecule is O=C(O)[C@@H]1C2c3ccccc3C(c3ccccc32)[C@@H]1c1ccccc1. The van der Waals surface area contributed by atoms with Gasteiger partial charge in [-0.2, -0.15) is 0 Å². The maximum absolute atomic E-state index is 12.3. The first-order valence-corrected chi connectivity index (χ1v) is 8.73. The predicted molar refractivity (Wildman–Crippen MR) is 96.9 cm³/mol. The maximum atomic E-state index is 12.3. The number of carboxylic acids is 1. The Bertz CT molecular complexity index is 913. The van der Waals surface area contributed by atoms with Crippen LogP contribution >= 0.6 is 0 Å². The van der Waals surface area contributed by atoms with Gasteiger partial charge in [0.15, 0.2) is 0 Å². The highest BCUT2D eigenvalue weighted by Crippen LogP contribution is 2.61. The highest BCUT2D eigenvalue weighted by molar-refractivity contribution is 5.78. The van der Waals surface area contributed by atoms with Crippen LogP contribution in [0.25, 0.3) is 0 Å². The zero-order valence-electron chi connectivity index (χ0n) is 13.7. The second-order valence-electron chi connectivity index (χ2n) is 7.01. The van der Waals surface area contributed by atoms with Gasteiger partial charge in [-0.1, -0.05) is 78.9 Å². The topological polar surface area (TPSA) is 37.3 Å². The summed E-state index contributed by atoms with van der Waals surface area (Å²) in [6.45, 7) is 0. The number of benzene rings is 3. The summed E-state index contributed by atoms with van der Waals surface area (Å²) in [5.41, 5.74) is 6.07. The van der Waals surface area contributed by atoms with Gasteiger partial charge in [0.25, 0.3) is 0 Å². The third-order valence-electron chi connectivity index (χ3n) is 5.91. The molecule has 0 fully saturated rings. The molecule has 0 saturated heterocycles. The van der Waals surface area contributed by atoms with Crippen LogP contribution in [0.5, 0.6) is 0 Å². The fourth-order valence-electron chi connectivity index (χ4n) is 5.05. The Morgan fingerprint density at radius 2 is 1.08 bits per heavy atom. The Balaban J connectivity index is 1.83. The van der Waals surface area contributed by atoms with Gasteiger partial charge in [-0.3, -0.25) is 4.79 Å². The molecule has 2 bridgehead atoms. The Kier molecular flexibility index (Phi) is 3.08. The molecule has 3 aliphatic carbocycles. The molecule has 2 nitrogen and oxygen atoms in total. The van der Waals surface area contributed by atoms with Crippen molar-refractivity contribution in [3.8, 4) is 0 Å². The molecule has 1 N–H and O–H groups in total. The van der Waals surface area contributed by atoms with Crippen LogP contribution < -0.4 is 0 Å². The molecule has 0 aromatic heterocycles. The van der Waals surface area contributed by atoms with Gasteiger partial charge < -0.3 is 5.11 Å². The standard InChI is InChI=1S/C23H18O2/c24-23(25)22-19(14-8-2-1-3-9-14)20-15-10-4-6-12-17(15)21(22)18-13-7-5-11-16(18)20/h1-13,19-22H,(H,24,25)/t19-,20?,21?,22-/m0/s1. The van der Waals surface area contributed by atoms with Gasteiger partial charge >= 0.3 is 5.97 Å². The van der Waals surface area contributed by atoms with E-state index in [1.165, 1.54) is 22.3 Å². The van der Waals surface area contributed by atoms with E-state index in [0.717, 1.165) is 5.56 Å². The monoisotopic (exact) mass is 326 g/mol. The lowest BCUT2D eigenvalue weighted by Gasteiger charge is -2.49. The molecule has 0 spiro atoms. The molecular weight excluding hydrogens is 308 g/mol. The minimum Gasteiger partial charge on any atom is -0.481 e. The van der Waals surface area contributed by atoms with Crippen molar-refractivity contribution in [1.29, 1.82) is 0 Å². The number of carboxylic acid groups (broad SMARTS) is 1. The molecule has 0 heterocycles. The second kappa shape index (κ2) is 5.32. The maximum Gasteiger partial charge on any atom is 0.308 e. The van der Waals surface area contributed by atoms with Crippen LogP contribution in [0.3, 0.4) is 0 Å². The third kappa shape index (κ3) is 1.94. The van der Waals surface area contributed by atoms with Crippen LogP contribution in [0, 0.1) is 5.92 Å². The summed E-state index contributed by atoms with van der Waals surface area (Å²) >= 11 is 0. The van der Waals surface area contributed by atoms with Gasteiger partial charge in [0.1, 0.15) is 0 Å². The first-order valence-electron chi connectivity index (χ1n) is 8.73. The molecule has 2 atom stereocenters. The van der Waals surface area contributed by atoms with Crippen molar-refractivity contribution in [2.75, 3.05) is 0 Å². The average Bonchev–Trinajstić information content (AvgIpc) is 2.68. The Hall–Kier alpha value is -2.87. The smallest absolute Gasteiger partial charge is 0.308 e. The summed E-state index contributed by atoms with van der Waals surface area (Å²) < 4.78 is 0. The summed E-state index contributed by atoms with van der Waals surface area (Å²) in [7, 11) is 0. The Labute approximate surface area is 146 Å². The third-order valence-corrected chi connectivity index (χ3v) is 5.91. The molecule has 6 rings (SSSR count). The van der Waals surface area contributed by atoms with Crippen LogP contribution in [0.1, 0.15) is 45.6 Å². The van der Waals surface area contributed by atoms with E-state index in [1.807, 2.05) is 30.3 Å². The van der Waals surface area contributed by atoms with Gasteiger partial charge in [-0.05, 0) is 27.8 Å². The van der Waals surface area contributed by atoms with E-state index in [9.17, 15) is 9.90 Å². The summed E-state index contributed by atoms with van der Waals surface area (Å²) in [6.07, 6.45) is 0. The minimum atomic E-state index is -0.701. The van der Waals surface area contributed by atoms with Gasteiger partial charge in [-0.15, -0.1) is 0 Å². The number of carbonyl (C=O) groups is 1. The molecule has 0 amide bonds. The van der Waals surface area contributed by atoms with Crippen LogP contribution in [0.15, 0.2) is 78.9 Å². The predicted octanol–water partition coefficient (Wildman–Crippen LogP) is 4.76. The Morgan fingerprint density at radius 1 is 0.640 bits per heavy atom. The molecule has 122 valence electrons. The second-order valence-corrected chi connectivity index (χ2v) is 7.01. The van der Waals surface area contributed by atoms with E-state index in [2.05, 4.69) is 48.5 Å². The molecule has 0 saturated carbocycles. The van der Waals surface area contributed by atoms with E-state index in [4.69, 9.17) is 0 Å². The van der Waals surface area contributed by atoms with E-state index in [0.29, 0.717) is 0 Å². The highest BCUT2D eigenvalue weighted by Gasteiger charge is 2.52. The lowest BCUT2D eigenvalue weighted by Crippen LogP contribution is -2.42. The molecule has 0 aliphatic heterocycles. The molecule has 2 heteroatoms. The van der Waals surface area contributed by atoms with E-state index >= 15 is 0 Å². The molecular formula is C23H18O2. The van der Waals surface area contributed by atoms with Crippen molar-refractivity contribution in [2.45, 2.75) is 17.8 Å². The molecule has 3 aliphatic rings. The van der Waals surface area contributed by atoms with Crippen LogP contribution in [0.2, 0.25) is 0 Å². The summed E-state index contributed by atoms with van der Waals surface area (Å²) in [5.74, 6) is -1.15. The van der Waals surface area contributed by atoms with Crippen molar-refractivity contribution in [3.05, 3.63) is 107 Å². The first kappa shape index (κ1) is 14.5. The summed E-state index contributed by atoms with van der Waals surface area (Å²) in [4.78, 5) is 12.3. The van der Waals surface area contributed by atoms with E-state index in [1.54, 1.807) is 0 Å². The van der Waals surface area contributed by atoms with Crippen LogP contribution in [-0.2, 0) is 4.79 Å². The zero-order valence-corrected chi connectivity index (χ0v) is 13.7. The number of fused-ring (bicyclic) bond motifs is 1. The molecule has 0 radical (unpaired) electrons. The number of hydrogen-bond acceptors (Lipinski definition) is 1. The minimum absolute atomic E-state index is 0.0338. The molecule has 3 aromatic carbocycles. The largest absolute Gasteiger partial charge is 0.481 e. The number of hydrogen-bond donors (Lipinski definition) is 1. The van der Waals surface area contributed by atoms with Gasteiger partial charge in [0, 0.05) is 17.8 Å². The molecule has 0 unspecified atom stereocenters. The summed E-state index contributed by atoms with van der Waals surface area (Å²) in [6, 6.07) is 26.9. The van der Waals surface area contributed by atoms with Crippen molar-refractivity contribution < 1.29 is 9.90 Å². The van der Waals surface area contributed by atoms with Crippen molar-refractivity contribution in [2.24, 2.45) is 5.92 Å². The van der Waals surface area contributed by atoms with Crippen molar-refractivity contribution in [3.63, 3.8) is 0 Å². The van der Waals surface area contributed by atoms with E-state index in [-0.39, 0.29) is 17.8 Å². The fraction of sp³-hybridized carbons (Fsp3) is 0.174. The van der Waals surface area contributed by atoms with Crippen molar-refractivity contribution >= 4 is 5.97 Å². The van der Waals surface area contributed by atoms with Gasteiger partial charge in [0.2, 0.25) is 0 Å². The lowest BCUT2D eigenvalue weighted by atomic mass is 9.53. The van der Waals surface area contributed by atoms with Gasteiger partial charge in [-0.25, -0.2) is 0 Å². The average molecular weight is 326 g/mol. The number of aliphatic carboxylic acids is 1. The first-order chi connectivity index (χ1) is 12.3. The van der Waals surface area contributed by atoms with E-state index < -0.39 is 11.9 Å². The Morgan fingerprint density at radius 3 is 1.56 bits per heavy atom. The fourth-order valence-corrected chi connectivity index (χ4v) is 5.05. The number of rotatable bonds is 2. The lowest BCUT2D eigenvalue weighted by molar-refractivity contribution is -0.143. The molecule has 3 aromatic rings. The van der Waals surface area contributed by atoms with Crippen molar-refractivity contribution in [1.82, 2.24) is 0 Å². The quantitative estimate of drug-likeness (QED) is 0.737. The van der Waals surface area contributed by atoms with Crippen LogP contribution in [0.4, 0.5) is 0 Å². The summed E-state index contributed by atoms with van der Waals surface area (Å²) in [5, 5.41) is 10.1. The highest BCUT2D eigenvalue weighted by atomic mass is 16.4. The van der Waals surface area contributed by atoms with Crippen LogP contribution in [-0.4, -0.2) is 11.1 Å². The normalized spacial score (nSPS) is 25.9.